The first kappa shape index (κ1) is 9.65. The standard InChI is InChI=1S/C9H5N3O2/c10-5-7-1-3-8(4-2-7)12-9(14)11-6-13/h1-4H,(H,12,14). The van der Waals surface area contributed by atoms with Crippen LogP contribution in [0.4, 0.5) is 10.5 Å². The average molecular weight is 187 g/mol. The van der Waals surface area contributed by atoms with Gasteiger partial charge in [-0.2, -0.15) is 5.26 Å². The van der Waals surface area contributed by atoms with Gasteiger partial charge < -0.3 is 5.32 Å². The Labute approximate surface area is 79.7 Å². The van der Waals surface area contributed by atoms with Crippen LogP contribution in [0, 0.1) is 11.3 Å². The molecule has 0 aliphatic heterocycles. The minimum absolute atomic E-state index is 0.466. The Morgan fingerprint density at radius 2 is 2.00 bits per heavy atom. The topological polar surface area (TPSA) is 82.3 Å². The Hall–Kier alpha value is -2.44. The number of carbonyl (C=O) groups excluding carboxylic acids is 2. The Bertz CT molecular complexity index is 424. The maximum absolute atomic E-state index is 10.8. The van der Waals surface area contributed by atoms with Crippen molar-refractivity contribution in [2.24, 2.45) is 4.99 Å². The molecule has 0 bridgehead atoms. The Morgan fingerprint density at radius 1 is 1.36 bits per heavy atom. The van der Waals surface area contributed by atoms with Crippen LogP contribution in [0.3, 0.4) is 0 Å². The number of carbonyl (C=O) groups is 1. The molecular formula is C9H5N3O2. The summed E-state index contributed by atoms with van der Waals surface area (Å²) in [4.78, 5) is 23.3. The largest absolute Gasteiger partial charge is 0.356 e. The third kappa shape index (κ3) is 2.55. The van der Waals surface area contributed by atoms with Crippen molar-refractivity contribution in [1.29, 1.82) is 5.26 Å². The molecule has 0 aliphatic carbocycles. The summed E-state index contributed by atoms with van der Waals surface area (Å²) in [5, 5.41) is 10.8. The maximum Gasteiger partial charge on any atom is 0.356 e. The van der Waals surface area contributed by atoms with Crippen LogP contribution in [-0.2, 0) is 4.79 Å². The van der Waals surface area contributed by atoms with E-state index in [9.17, 15) is 9.59 Å². The van der Waals surface area contributed by atoms with Crippen molar-refractivity contribution < 1.29 is 9.59 Å². The summed E-state index contributed by atoms with van der Waals surface area (Å²) in [5.74, 6) is 0. The molecule has 0 spiro atoms. The van der Waals surface area contributed by atoms with Gasteiger partial charge in [0.15, 0.2) is 0 Å². The van der Waals surface area contributed by atoms with Crippen LogP contribution in [0.2, 0.25) is 0 Å². The van der Waals surface area contributed by atoms with E-state index < -0.39 is 6.03 Å². The third-order valence-corrected chi connectivity index (χ3v) is 1.41. The molecule has 2 amide bonds. The highest BCUT2D eigenvalue weighted by Gasteiger charge is 1.98. The van der Waals surface area contributed by atoms with E-state index in [4.69, 9.17) is 5.26 Å². The molecule has 14 heavy (non-hydrogen) atoms. The van der Waals surface area contributed by atoms with Gasteiger partial charge >= 0.3 is 6.03 Å². The fourth-order valence-electron chi connectivity index (χ4n) is 0.821. The van der Waals surface area contributed by atoms with E-state index in [1.807, 2.05) is 6.07 Å². The molecule has 5 nitrogen and oxygen atoms in total. The van der Waals surface area contributed by atoms with E-state index >= 15 is 0 Å². The number of hydrogen-bond donors (Lipinski definition) is 1. The minimum atomic E-state index is -0.787. The number of benzene rings is 1. The summed E-state index contributed by atoms with van der Waals surface area (Å²) in [5.41, 5.74) is 0.954. The SMILES string of the molecule is N#Cc1ccc(NC(=O)N=C=O)cc1. The quantitative estimate of drug-likeness (QED) is 0.533. The van der Waals surface area contributed by atoms with E-state index in [0.29, 0.717) is 11.3 Å². The lowest BCUT2D eigenvalue weighted by Gasteiger charge is -1.98. The lowest BCUT2D eigenvalue weighted by Crippen LogP contribution is -2.05. The van der Waals surface area contributed by atoms with Crippen molar-refractivity contribution in [3.8, 4) is 6.07 Å². The van der Waals surface area contributed by atoms with Gasteiger partial charge in [0.1, 0.15) is 0 Å². The monoisotopic (exact) mass is 187 g/mol. The molecule has 0 heterocycles. The van der Waals surface area contributed by atoms with Gasteiger partial charge in [-0.05, 0) is 24.3 Å². The van der Waals surface area contributed by atoms with Gasteiger partial charge in [0, 0.05) is 5.69 Å². The molecule has 0 aromatic heterocycles. The van der Waals surface area contributed by atoms with Gasteiger partial charge in [0.2, 0.25) is 6.08 Å². The summed E-state index contributed by atoms with van der Waals surface area (Å²) in [6.07, 6.45) is 1.12. The van der Waals surface area contributed by atoms with Crippen LogP contribution in [0.25, 0.3) is 0 Å². The van der Waals surface area contributed by atoms with Gasteiger partial charge in [-0.3, -0.25) is 0 Å². The van der Waals surface area contributed by atoms with Crippen molar-refractivity contribution in [2.45, 2.75) is 0 Å². The number of nitrogens with zero attached hydrogens (tertiary/aromatic N) is 2. The molecule has 1 aromatic carbocycles. The molecule has 0 saturated heterocycles. The number of nitrogens with one attached hydrogen (secondary N) is 1. The molecule has 1 aromatic rings. The molecule has 68 valence electrons. The molecule has 5 heteroatoms. The number of nitriles is 1. The normalized spacial score (nSPS) is 8.21. The van der Waals surface area contributed by atoms with Crippen LogP contribution in [-0.4, -0.2) is 12.1 Å². The molecule has 1 rings (SSSR count). The lowest BCUT2D eigenvalue weighted by molar-refractivity contribution is 0.259. The number of isocyanates is 1. The van der Waals surface area contributed by atoms with E-state index in [2.05, 4.69) is 10.3 Å². The molecule has 0 saturated carbocycles. The number of hydrogen-bond acceptors (Lipinski definition) is 3. The van der Waals surface area contributed by atoms with Gasteiger partial charge in [-0.1, -0.05) is 0 Å². The van der Waals surface area contributed by atoms with Crippen molar-refractivity contribution in [1.82, 2.24) is 0 Å². The molecule has 0 atom stereocenters. The van der Waals surface area contributed by atoms with Crippen molar-refractivity contribution >= 4 is 17.8 Å². The summed E-state index contributed by atoms with van der Waals surface area (Å²) >= 11 is 0. The first-order valence-electron chi connectivity index (χ1n) is 3.65. The van der Waals surface area contributed by atoms with E-state index in [-0.39, 0.29) is 0 Å². The summed E-state index contributed by atoms with van der Waals surface area (Å²) in [6, 6.07) is 7.31. The Balaban J connectivity index is 2.74. The minimum Gasteiger partial charge on any atom is -0.305 e. The number of rotatable bonds is 1. The Morgan fingerprint density at radius 3 is 2.50 bits per heavy atom. The van der Waals surface area contributed by atoms with Crippen LogP contribution >= 0.6 is 0 Å². The van der Waals surface area contributed by atoms with E-state index in [0.717, 1.165) is 6.08 Å². The summed E-state index contributed by atoms with van der Waals surface area (Å²) < 4.78 is 0. The molecule has 0 fully saturated rings. The van der Waals surface area contributed by atoms with E-state index in [1.54, 1.807) is 12.1 Å². The number of amides is 2. The highest BCUT2D eigenvalue weighted by Crippen LogP contribution is 2.08. The second-order valence-corrected chi connectivity index (χ2v) is 2.32. The molecule has 1 N–H and O–H groups in total. The fraction of sp³-hybridized carbons (Fsp3) is 0. The molecule has 0 radical (unpaired) electrons. The van der Waals surface area contributed by atoms with Crippen LogP contribution in [0.15, 0.2) is 29.3 Å². The number of anilines is 1. The molecule has 0 aliphatic rings. The Kier molecular flexibility index (Phi) is 3.14. The van der Waals surface area contributed by atoms with Crippen molar-refractivity contribution in [3.63, 3.8) is 0 Å². The zero-order chi connectivity index (χ0) is 10.4. The van der Waals surface area contributed by atoms with Gasteiger partial charge in [0.25, 0.3) is 0 Å². The zero-order valence-electron chi connectivity index (χ0n) is 7.02. The first-order chi connectivity index (χ1) is 6.76. The second kappa shape index (κ2) is 4.55. The fourth-order valence-corrected chi connectivity index (χ4v) is 0.821. The highest BCUT2D eigenvalue weighted by atomic mass is 16.2. The summed E-state index contributed by atoms with van der Waals surface area (Å²) in [6.45, 7) is 0. The van der Waals surface area contributed by atoms with Crippen molar-refractivity contribution in [3.05, 3.63) is 29.8 Å². The number of urea groups is 1. The lowest BCUT2D eigenvalue weighted by atomic mass is 10.2. The van der Waals surface area contributed by atoms with Crippen LogP contribution in [0.5, 0.6) is 0 Å². The van der Waals surface area contributed by atoms with Gasteiger partial charge in [-0.15, -0.1) is 4.99 Å². The average Bonchev–Trinajstić information content (AvgIpc) is 2.19. The first-order valence-corrected chi connectivity index (χ1v) is 3.65. The second-order valence-electron chi connectivity index (χ2n) is 2.32. The number of aliphatic imine (C=N–C) groups is 1. The molecule has 0 unspecified atom stereocenters. The van der Waals surface area contributed by atoms with Crippen LogP contribution in [0.1, 0.15) is 5.56 Å². The molecular weight excluding hydrogens is 182 g/mol. The van der Waals surface area contributed by atoms with E-state index in [1.165, 1.54) is 12.1 Å². The van der Waals surface area contributed by atoms with Gasteiger partial charge in [0.05, 0.1) is 11.6 Å². The highest BCUT2D eigenvalue weighted by molar-refractivity contribution is 5.92. The zero-order valence-corrected chi connectivity index (χ0v) is 7.02. The summed E-state index contributed by atoms with van der Waals surface area (Å²) in [7, 11) is 0. The van der Waals surface area contributed by atoms with Crippen molar-refractivity contribution in [2.75, 3.05) is 5.32 Å². The van der Waals surface area contributed by atoms with Gasteiger partial charge in [-0.25, -0.2) is 9.59 Å². The predicted octanol–water partition coefficient (Wildman–Crippen LogP) is 1.43. The predicted molar refractivity (Wildman–Crippen MR) is 48.3 cm³/mol. The smallest absolute Gasteiger partial charge is 0.305 e. The third-order valence-electron chi connectivity index (χ3n) is 1.41. The van der Waals surface area contributed by atoms with Crippen LogP contribution < -0.4 is 5.32 Å². The maximum atomic E-state index is 10.8.